The summed E-state index contributed by atoms with van der Waals surface area (Å²) in [6.07, 6.45) is 5.30. The lowest BCUT2D eigenvalue weighted by atomic mass is 9.90. The molecular weight excluding hydrogens is 873 g/mol. The van der Waals surface area contributed by atoms with Crippen LogP contribution in [0.1, 0.15) is 126 Å². The molecule has 3 aromatic carbocycles. The van der Waals surface area contributed by atoms with Crippen molar-refractivity contribution in [1.29, 1.82) is 0 Å². The van der Waals surface area contributed by atoms with Crippen LogP contribution in [-0.2, 0) is 34.1 Å². The van der Waals surface area contributed by atoms with Crippen LogP contribution in [0.15, 0.2) is 84.9 Å². The quantitative estimate of drug-likeness (QED) is 0.0664. The Kier molecular flexibility index (Phi) is 21.0. The summed E-state index contributed by atoms with van der Waals surface area (Å²) in [6.45, 7) is 34.1. The molecule has 0 unspecified atom stereocenters. The normalized spacial score (nSPS) is 19.9. The fraction of sp³-hybridized carbons (Fsp3) is 0.673. The van der Waals surface area contributed by atoms with E-state index in [1.165, 1.54) is 10.4 Å². The van der Waals surface area contributed by atoms with Crippen molar-refractivity contribution in [2.75, 3.05) is 27.4 Å². The van der Waals surface area contributed by atoms with Crippen molar-refractivity contribution < 1.29 is 37.3 Å². The number of methoxy groups -OCH3 is 2. The molecule has 372 valence electrons. The summed E-state index contributed by atoms with van der Waals surface area (Å²) < 4.78 is 46.3. The first-order chi connectivity index (χ1) is 30.8. The molecule has 0 bridgehead atoms. The number of aliphatic hydroxyl groups is 1. The van der Waals surface area contributed by atoms with Crippen molar-refractivity contribution in [2.24, 2.45) is 5.92 Å². The molecule has 1 N–H and O–H groups in total. The molecule has 7 atom stereocenters. The Morgan fingerprint density at radius 1 is 0.667 bits per heavy atom. The minimum Gasteiger partial charge on any atom is -0.497 e. The minimum absolute atomic E-state index is 0.0403. The predicted octanol–water partition coefficient (Wildman–Crippen LogP) is 12.5. The van der Waals surface area contributed by atoms with E-state index in [1.807, 2.05) is 24.3 Å². The van der Waals surface area contributed by atoms with E-state index in [0.717, 1.165) is 49.8 Å². The van der Waals surface area contributed by atoms with Crippen molar-refractivity contribution in [3.8, 4) is 5.75 Å². The van der Waals surface area contributed by atoms with Gasteiger partial charge in [-0.15, -0.1) is 0 Å². The average molecular weight is 966 g/mol. The van der Waals surface area contributed by atoms with Crippen LogP contribution in [0.3, 0.4) is 0 Å². The van der Waals surface area contributed by atoms with Gasteiger partial charge in [0.05, 0.1) is 44.2 Å². The maximum Gasteiger partial charge on any atom is 0.261 e. The lowest BCUT2D eigenvalue weighted by Gasteiger charge is -2.47. The monoisotopic (exact) mass is 965 g/mol. The van der Waals surface area contributed by atoms with Crippen molar-refractivity contribution in [1.82, 2.24) is 0 Å². The highest BCUT2D eigenvalue weighted by Crippen LogP contribution is 2.42. The van der Waals surface area contributed by atoms with Gasteiger partial charge < -0.3 is 37.3 Å². The first kappa shape index (κ1) is 56.4. The second kappa shape index (κ2) is 24.6. The molecule has 1 aliphatic heterocycles. The van der Waals surface area contributed by atoms with Gasteiger partial charge in [-0.1, -0.05) is 142 Å². The summed E-state index contributed by atoms with van der Waals surface area (Å²) in [6, 6.07) is 29.9. The highest BCUT2D eigenvalue weighted by Gasteiger charge is 2.52. The first-order valence-corrected chi connectivity index (χ1v) is 32.7. The maximum atomic E-state index is 11.8. The molecule has 1 saturated heterocycles. The number of aliphatic hydroxyl groups excluding tert-OH is 1. The number of rotatable bonds is 25. The standard InChI is InChI=1S/C55H92O8Si3/c1-42(27-30-45(62-65(15,16)54(5,6)7)34-36-60-64(13,14)53(2,3)4)52(56)40-47(58-12)38-48-39-49(37-46(61-48)33-35-59-41-43-28-31-44(57-11)32-29-43)63-66(55(8,9)10,50-23-19-17-20-24-50)51-25-21-18-22-26-51/h17-26,28-29,31-32,42,45-49,52,56H,27,30,33-41H2,1-16H3/t42-,45-,46-,47-,48+,49-,52-/m0/s1. The van der Waals surface area contributed by atoms with Gasteiger partial charge >= 0.3 is 0 Å². The van der Waals surface area contributed by atoms with E-state index in [4.69, 9.17) is 32.2 Å². The fourth-order valence-corrected chi connectivity index (χ4v) is 16.0. The van der Waals surface area contributed by atoms with Crippen LogP contribution in [0.2, 0.25) is 41.3 Å². The van der Waals surface area contributed by atoms with E-state index >= 15 is 0 Å². The Labute approximate surface area is 405 Å². The summed E-state index contributed by atoms with van der Waals surface area (Å²) in [4.78, 5) is 0. The zero-order chi connectivity index (χ0) is 49.0. The predicted molar refractivity (Wildman–Crippen MR) is 282 cm³/mol. The highest BCUT2D eigenvalue weighted by atomic mass is 28.4. The average Bonchev–Trinajstić information content (AvgIpc) is 3.25. The lowest BCUT2D eigenvalue weighted by molar-refractivity contribution is -0.118. The van der Waals surface area contributed by atoms with E-state index < -0.39 is 31.1 Å². The minimum atomic E-state index is -2.83. The van der Waals surface area contributed by atoms with Crippen LogP contribution >= 0.6 is 0 Å². The maximum absolute atomic E-state index is 11.8. The van der Waals surface area contributed by atoms with Crippen LogP contribution < -0.4 is 15.1 Å². The van der Waals surface area contributed by atoms with Crippen molar-refractivity contribution in [3.05, 3.63) is 90.5 Å². The lowest BCUT2D eigenvalue weighted by Crippen LogP contribution is -2.68. The van der Waals surface area contributed by atoms with E-state index in [1.54, 1.807) is 14.2 Å². The van der Waals surface area contributed by atoms with Crippen LogP contribution in [0.5, 0.6) is 5.75 Å². The molecule has 66 heavy (non-hydrogen) atoms. The van der Waals surface area contributed by atoms with E-state index in [0.29, 0.717) is 32.7 Å². The largest absolute Gasteiger partial charge is 0.497 e. The molecule has 4 rings (SSSR count). The van der Waals surface area contributed by atoms with Crippen molar-refractivity contribution in [2.45, 2.75) is 205 Å². The van der Waals surface area contributed by atoms with Crippen molar-refractivity contribution >= 4 is 35.3 Å². The van der Waals surface area contributed by atoms with E-state index in [9.17, 15) is 5.11 Å². The fourth-order valence-electron chi connectivity index (χ4n) is 8.81. The summed E-state index contributed by atoms with van der Waals surface area (Å²) in [5.74, 6) is 0.908. The third-order valence-corrected chi connectivity index (χ3v) is 29.3. The molecule has 8 nitrogen and oxygen atoms in total. The van der Waals surface area contributed by atoms with Gasteiger partial charge in [-0.2, -0.15) is 0 Å². The Balaban J connectivity index is 1.50. The van der Waals surface area contributed by atoms with E-state index in [-0.39, 0.29) is 51.6 Å². The third kappa shape index (κ3) is 15.9. The molecule has 1 heterocycles. The number of benzene rings is 3. The summed E-state index contributed by atoms with van der Waals surface area (Å²) in [5.41, 5.74) is 1.11. The Morgan fingerprint density at radius 2 is 1.23 bits per heavy atom. The molecule has 0 amide bonds. The smallest absolute Gasteiger partial charge is 0.261 e. The molecule has 1 fully saturated rings. The number of ether oxygens (including phenoxy) is 4. The van der Waals surface area contributed by atoms with Gasteiger partial charge in [0.2, 0.25) is 0 Å². The SMILES string of the molecule is COc1ccc(COCC[C@H]2C[C@H](O[Si](c3ccccc3)(c3ccccc3)C(C)(C)C)C[C@@H](C[C@@H](C[C@H](O)[C@@H](C)CC[C@@H](CCO[Si](C)(C)C(C)(C)C)O[Si](C)(C)C(C)(C)C)OC)O2)cc1. The van der Waals surface area contributed by atoms with Crippen LogP contribution in [-0.4, -0.2) is 94.1 Å². The Bertz CT molecular complexity index is 1780. The third-order valence-electron chi connectivity index (χ3n) is 15.1. The molecule has 0 aromatic heterocycles. The molecule has 0 spiro atoms. The molecule has 3 aromatic rings. The zero-order valence-corrected chi connectivity index (χ0v) is 47.2. The van der Waals surface area contributed by atoms with Gasteiger partial charge in [0.1, 0.15) is 5.75 Å². The second-order valence-electron chi connectivity index (χ2n) is 23.3. The molecule has 0 aliphatic carbocycles. The molecule has 0 radical (unpaired) electrons. The van der Waals surface area contributed by atoms with Gasteiger partial charge in [-0.05, 0) is 127 Å². The van der Waals surface area contributed by atoms with Crippen LogP contribution in [0, 0.1) is 5.92 Å². The van der Waals surface area contributed by atoms with Crippen molar-refractivity contribution in [3.63, 3.8) is 0 Å². The molecule has 0 saturated carbocycles. The van der Waals surface area contributed by atoms with Gasteiger partial charge in [0, 0.05) is 26.4 Å². The second-order valence-corrected chi connectivity index (χ2v) is 37.1. The summed E-state index contributed by atoms with van der Waals surface area (Å²) >= 11 is 0. The molecular formula is C55H92O8Si3. The molecule has 11 heteroatoms. The molecule has 1 aliphatic rings. The van der Waals surface area contributed by atoms with E-state index in [2.05, 4.69) is 156 Å². The highest BCUT2D eigenvalue weighted by molar-refractivity contribution is 6.99. The van der Waals surface area contributed by atoms with Gasteiger partial charge in [-0.3, -0.25) is 0 Å². The first-order valence-electron chi connectivity index (χ1n) is 25.0. The van der Waals surface area contributed by atoms with Crippen LogP contribution in [0.25, 0.3) is 0 Å². The number of hydrogen-bond acceptors (Lipinski definition) is 8. The number of hydrogen-bond donors (Lipinski definition) is 1. The van der Waals surface area contributed by atoms with Gasteiger partial charge in [-0.25, -0.2) is 0 Å². The summed E-state index contributed by atoms with van der Waals surface area (Å²) in [5, 5.41) is 14.5. The topological polar surface area (TPSA) is 84.8 Å². The Hall–Kier alpha value is -2.17. The Morgan fingerprint density at radius 3 is 1.74 bits per heavy atom. The zero-order valence-electron chi connectivity index (χ0n) is 44.2. The van der Waals surface area contributed by atoms with Crippen LogP contribution in [0.4, 0.5) is 0 Å². The van der Waals surface area contributed by atoms with Gasteiger partial charge in [0.15, 0.2) is 16.6 Å². The van der Waals surface area contributed by atoms with Gasteiger partial charge in [0.25, 0.3) is 8.32 Å². The summed E-state index contributed by atoms with van der Waals surface area (Å²) in [7, 11) is -3.27.